The number of benzene rings is 1. The van der Waals surface area contributed by atoms with Crippen LogP contribution in [-0.4, -0.2) is 30.1 Å². The van der Waals surface area contributed by atoms with Crippen molar-refractivity contribution in [2.24, 2.45) is 0 Å². The van der Waals surface area contributed by atoms with Crippen molar-refractivity contribution in [2.45, 2.75) is 38.6 Å². The number of nitrogens with one attached hydrogen (secondary N) is 2. The van der Waals surface area contributed by atoms with Crippen LogP contribution in [0.5, 0.6) is 5.75 Å². The minimum atomic E-state index is -0.197. The molecule has 1 aliphatic heterocycles. The van der Waals surface area contributed by atoms with E-state index in [1.165, 1.54) is 19.3 Å². The van der Waals surface area contributed by atoms with Crippen LogP contribution in [0.2, 0.25) is 0 Å². The molecule has 104 valence electrons. The number of rotatable bonds is 4. The number of para-hydroxylation sites is 1. The van der Waals surface area contributed by atoms with Gasteiger partial charge in [0, 0.05) is 12.6 Å². The average molecular weight is 262 g/mol. The van der Waals surface area contributed by atoms with Crippen LogP contribution in [0.3, 0.4) is 0 Å². The van der Waals surface area contributed by atoms with Gasteiger partial charge in [0.05, 0.1) is 5.56 Å². The highest BCUT2D eigenvalue weighted by atomic mass is 16.3. The zero-order valence-electron chi connectivity index (χ0n) is 11.4. The highest BCUT2D eigenvalue weighted by Crippen LogP contribution is 2.21. The molecule has 1 heterocycles. The third kappa shape index (κ3) is 3.70. The summed E-state index contributed by atoms with van der Waals surface area (Å²) in [5.41, 5.74) is 1.08. The first kappa shape index (κ1) is 13.9. The summed E-state index contributed by atoms with van der Waals surface area (Å²) in [6.45, 7) is 3.51. The van der Waals surface area contributed by atoms with Crippen molar-refractivity contribution in [3.63, 3.8) is 0 Å². The van der Waals surface area contributed by atoms with Gasteiger partial charge in [0.25, 0.3) is 5.91 Å². The number of phenols is 1. The molecule has 1 aliphatic rings. The smallest absolute Gasteiger partial charge is 0.255 e. The van der Waals surface area contributed by atoms with Gasteiger partial charge in [-0.2, -0.15) is 0 Å². The van der Waals surface area contributed by atoms with Gasteiger partial charge in [-0.25, -0.2) is 0 Å². The molecule has 0 spiro atoms. The fourth-order valence-electron chi connectivity index (χ4n) is 2.47. The first-order valence-corrected chi connectivity index (χ1v) is 6.98. The van der Waals surface area contributed by atoms with Crippen LogP contribution in [0.1, 0.15) is 41.6 Å². The molecule has 4 heteroatoms. The maximum absolute atomic E-state index is 12.0. The molecule has 4 nitrogen and oxygen atoms in total. The van der Waals surface area contributed by atoms with Gasteiger partial charge in [-0.3, -0.25) is 4.79 Å². The van der Waals surface area contributed by atoms with Crippen molar-refractivity contribution in [3.8, 4) is 5.75 Å². The summed E-state index contributed by atoms with van der Waals surface area (Å²) in [6, 6.07) is 5.74. The minimum Gasteiger partial charge on any atom is -0.507 e. The molecule has 1 saturated heterocycles. The highest BCUT2D eigenvalue weighted by molar-refractivity contribution is 5.97. The summed E-state index contributed by atoms with van der Waals surface area (Å²) in [6.07, 6.45) is 4.65. The number of amides is 1. The molecule has 2 rings (SSSR count). The standard InChI is InChI=1S/C15H22N2O2/c1-11-5-4-7-13(14(11)18)15(19)17-10-8-12-6-2-3-9-16-12/h4-5,7,12,16,18H,2-3,6,8-10H2,1H3,(H,17,19). The second-order valence-electron chi connectivity index (χ2n) is 5.16. The molecule has 1 fully saturated rings. The topological polar surface area (TPSA) is 61.4 Å². The summed E-state index contributed by atoms with van der Waals surface area (Å²) in [5, 5.41) is 16.2. The summed E-state index contributed by atoms with van der Waals surface area (Å²) in [5.74, 6) is -0.118. The van der Waals surface area contributed by atoms with Crippen molar-refractivity contribution >= 4 is 5.91 Å². The van der Waals surface area contributed by atoms with E-state index < -0.39 is 0 Å². The average Bonchev–Trinajstić information content (AvgIpc) is 2.43. The Hall–Kier alpha value is -1.55. The van der Waals surface area contributed by atoms with E-state index in [0.29, 0.717) is 18.2 Å². The fraction of sp³-hybridized carbons (Fsp3) is 0.533. The molecule has 3 N–H and O–H groups in total. The molecule has 19 heavy (non-hydrogen) atoms. The molecule has 1 amide bonds. The predicted octanol–water partition coefficient (Wildman–Crippen LogP) is 1.96. The number of piperidine rings is 1. The first-order valence-electron chi connectivity index (χ1n) is 6.98. The summed E-state index contributed by atoms with van der Waals surface area (Å²) in [7, 11) is 0. The SMILES string of the molecule is Cc1cccc(C(=O)NCCC2CCCCN2)c1O. The fourth-order valence-corrected chi connectivity index (χ4v) is 2.47. The Labute approximate surface area is 114 Å². The van der Waals surface area contributed by atoms with Crippen molar-refractivity contribution in [1.29, 1.82) is 0 Å². The van der Waals surface area contributed by atoms with Gasteiger partial charge in [0.1, 0.15) is 5.75 Å². The number of hydrogen-bond donors (Lipinski definition) is 3. The van der Waals surface area contributed by atoms with E-state index in [2.05, 4.69) is 10.6 Å². The molecule has 1 aromatic carbocycles. The Bertz CT molecular complexity index is 440. The van der Waals surface area contributed by atoms with Crippen LogP contribution in [0.15, 0.2) is 18.2 Å². The summed E-state index contributed by atoms with van der Waals surface area (Å²) < 4.78 is 0. The number of aromatic hydroxyl groups is 1. The zero-order chi connectivity index (χ0) is 13.7. The normalized spacial score (nSPS) is 19.1. The Kier molecular flexibility index (Phi) is 4.80. The van der Waals surface area contributed by atoms with Crippen LogP contribution >= 0.6 is 0 Å². The largest absolute Gasteiger partial charge is 0.507 e. The van der Waals surface area contributed by atoms with Gasteiger partial charge in [-0.05, 0) is 44.4 Å². The van der Waals surface area contributed by atoms with E-state index in [9.17, 15) is 9.90 Å². The number of carbonyl (C=O) groups is 1. The van der Waals surface area contributed by atoms with E-state index >= 15 is 0 Å². The third-order valence-electron chi connectivity index (χ3n) is 3.67. The summed E-state index contributed by atoms with van der Waals surface area (Å²) >= 11 is 0. The quantitative estimate of drug-likeness (QED) is 0.777. The molecular weight excluding hydrogens is 240 g/mol. The molecule has 0 bridgehead atoms. The Morgan fingerprint density at radius 1 is 1.47 bits per heavy atom. The molecule has 1 aromatic rings. The molecular formula is C15H22N2O2. The molecule has 0 aliphatic carbocycles. The van der Waals surface area contributed by atoms with Gasteiger partial charge >= 0.3 is 0 Å². The van der Waals surface area contributed by atoms with Crippen LogP contribution in [0.25, 0.3) is 0 Å². The van der Waals surface area contributed by atoms with E-state index in [4.69, 9.17) is 0 Å². The third-order valence-corrected chi connectivity index (χ3v) is 3.67. The monoisotopic (exact) mass is 262 g/mol. The van der Waals surface area contributed by atoms with E-state index in [0.717, 1.165) is 18.5 Å². The summed E-state index contributed by atoms with van der Waals surface area (Å²) in [4.78, 5) is 12.0. The van der Waals surface area contributed by atoms with Crippen LogP contribution < -0.4 is 10.6 Å². The highest BCUT2D eigenvalue weighted by Gasteiger charge is 2.14. The Balaban J connectivity index is 1.82. The number of aryl methyl sites for hydroxylation is 1. The van der Waals surface area contributed by atoms with Gasteiger partial charge < -0.3 is 15.7 Å². The van der Waals surface area contributed by atoms with Gasteiger partial charge in [-0.15, -0.1) is 0 Å². The Morgan fingerprint density at radius 3 is 3.05 bits per heavy atom. The first-order chi connectivity index (χ1) is 9.18. The second kappa shape index (κ2) is 6.57. The van der Waals surface area contributed by atoms with E-state index in [1.807, 2.05) is 0 Å². The molecule has 0 saturated carbocycles. The van der Waals surface area contributed by atoms with Crippen molar-refractivity contribution < 1.29 is 9.90 Å². The second-order valence-corrected chi connectivity index (χ2v) is 5.16. The van der Waals surface area contributed by atoms with Crippen molar-refractivity contribution in [2.75, 3.05) is 13.1 Å². The lowest BCUT2D eigenvalue weighted by molar-refractivity contribution is 0.0949. The minimum absolute atomic E-state index is 0.0794. The lowest BCUT2D eigenvalue weighted by atomic mass is 10.0. The Morgan fingerprint density at radius 2 is 2.32 bits per heavy atom. The molecule has 1 atom stereocenters. The van der Waals surface area contributed by atoms with Crippen LogP contribution in [-0.2, 0) is 0 Å². The number of phenolic OH excluding ortho intramolecular Hbond substituents is 1. The maximum atomic E-state index is 12.0. The van der Waals surface area contributed by atoms with E-state index in [1.54, 1.807) is 25.1 Å². The van der Waals surface area contributed by atoms with Gasteiger partial charge in [0.15, 0.2) is 0 Å². The number of carbonyl (C=O) groups excluding carboxylic acids is 1. The maximum Gasteiger partial charge on any atom is 0.255 e. The lowest BCUT2D eigenvalue weighted by Gasteiger charge is -2.23. The van der Waals surface area contributed by atoms with Crippen LogP contribution in [0.4, 0.5) is 0 Å². The van der Waals surface area contributed by atoms with E-state index in [-0.39, 0.29) is 11.7 Å². The van der Waals surface area contributed by atoms with Crippen molar-refractivity contribution in [1.82, 2.24) is 10.6 Å². The lowest BCUT2D eigenvalue weighted by Crippen LogP contribution is -2.37. The molecule has 0 aromatic heterocycles. The van der Waals surface area contributed by atoms with Crippen LogP contribution in [0, 0.1) is 6.92 Å². The van der Waals surface area contributed by atoms with Gasteiger partial charge in [0.2, 0.25) is 0 Å². The number of hydrogen-bond acceptors (Lipinski definition) is 3. The molecule has 1 unspecified atom stereocenters. The van der Waals surface area contributed by atoms with Gasteiger partial charge in [-0.1, -0.05) is 18.6 Å². The van der Waals surface area contributed by atoms with Crippen molar-refractivity contribution in [3.05, 3.63) is 29.3 Å². The molecule has 0 radical (unpaired) electrons. The zero-order valence-corrected chi connectivity index (χ0v) is 11.4. The predicted molar refractivity (Wildman–Crippen MR) is 75.4 cm³/mol.